The number of hydrogen-bond acceptors (Lipinski definition) is 8. The molecule has 0 aliphatic rings. The summed E-state index contributed by atoms with van der Waals surface area (Å²) >= 11 is 0. The molecule has 0 spiro atoms. The second-order valence-electron chi connectivity index (χ2n) is 6.78. The molecule has 3 rings (SSSR count). The molecule has 0 aliphatic carbocycles. The zero-order chi connectivity index (χ0) is 22.5. The SMILES string of the molecule is CCCc1c(-c2cc(=O)c3c(O)cc(OCC(=O)OCC)cc3o2)ccc(OC)c1O. The Labute approximate surface area is 178 Å². The van der Waals surface area contributed by atoms with E-state index in [9.17, 15) is 19.8 Å². The van der Waals surface area contributed by atoms with Crippen LogP contribution in [0.2, 0.25) is 0 Å². The molecular weight excluding hydrogens is 404 g/mol. The van der Waals surface area contributed by atoms with Crippen molar-refractivity contribution in [1.82, 2.24) is 0 Å². The Morgan fingerprint density at radius 3 is 2.58 bits per heavy atom. The standard InChI is InChI=1S/C23H24O8/c1-4-6-15-14(7-8-18(28-3)23(15)27)19-11-17(25)22-16(24)9-13(10-20(22)31-19)30-12-21(26)29-5-2/h7-11,24,27H,4-6,12H2,1-3H3. The van der Waals surface area contributed by atoms with Crippen molar-refractivity contribution in [2.24, 2.45) is 0 Å². The lowest BCUT2D eigenvalue weighted by Crippen LogP contribution is -2.14. The zero-order valence-corrected chi connectivity index (χ0v) is 17.6. The molecule has 8 nitrogen and oxygen atoms in total. The van der Waals surface area contributed by atoms with Gasteiger partial charge in [0.15, 0.2) is 23.5 Å². The minimum atomic E-state index is -0.560. The van der Waals surface area contributed by atoms with Crippen LogP contribution < -0.4 is 14.9 Å². The minimum absolute atomic E-state index is 0.0120. The predicted octanol–water partition coefficient (Wildman–Crippen LogP) is 3.77. The van der Waals surface area contributed by atoms with Gasteiger partial charge < -0.3 is 28.8 Å². The molecule has 0 radical (unpaired) electrons. The van der Waals surface area contributed by atoms with E-state index in [0.717, 1.165) is 6.42 Å². The summed E-state index contributed by atoms with van der Waals surface area (Å²) in [5.41, 5.74) is 0.752. The smallest absolute Gasteiger partial charge is 0.344 e. The van der Waals surface area contributed by atoms with E-state index in [4.69, 9.17) is 18.6 Å². The maximum Gasteiger partial charge on any atom is 0.344 e. The number of aromatic hydroxyl groups is 2. The molecule has 1 aromatic heterocycles. The van der Waals surface area contributed by atoms with E-state index in [-0.39, 0.29) is 47.2 Å². The van der Waals surface area contributed by atoms with Gasteiger partial charge in [0, 0.05) is 29.3 Å². The van der Waals surface area contributed by atoms with Crippen LogP contribution in [0.25, 0.3) is 22.3 Å². The van der Waals surface area contributed by atoms with Gasteiger partial charge in [-0.25, -0.2) is 4.79 Å². The largest absolute Gasteiger partial charge is 0.507 e. The van der Waals surface area contributed by atoms with Crippen LogP contribution in [0, 0.1) is 0 Å². The Morgan fingerprint density at radius 2 is 1.90 bits per heavy atom. The normalized spacial score (nSPS) is 10.8. The summed E-state index contributed by atoms with van der Waals surface area (Å²) in [5, 5.41) is 20.8. The highest BCUT2D eigenvalue weighted by Crippen LogP contribution is 2.39. The number of carbonyl (C=O) groups excluding carboxylic acids is 1. The molecule has 31 heavy (non-hydrogen) atoms. The predicted molar refractivity (Wildman–Crippen MR) is 114 cm³/mol. The van der Waals surface area contributed by atoms with Gasteiger partial charge >= 0.3 is 5.97 Å². The maximum atomic E-state index is 12.7. The van der Waals surface area contributed by atoms with Gasteiger partial charge in [-0.3, -0.25) is 4.79 Å². The van der Waals surface area contributed by atoms with Crippen LogP contribution in [0.3, 0.4) is 0 Å². The van der Waals surface area contributed by atoms with Crippen LogP contribution in [0.15, 0.2) is 39.5 Å². The first kappa shape index (κ1) is 22.0. The third-order valence-electron chi connectivity index (χ3n) is 4.68. The number of hydrogen-bond donors (Lipinski definition) is 2. The molecule has 2 aromatic carbocycles. The molecule has 2 N–H and O–H groups in total. The van der Waals surface area contributed by atoms with Crippen LogP contribution in [-0.2, 0) is 16.0 Å². The fourth-order valence-corrected chi connectivity index (χ4v) is 3.32. The molecule has 0 saturated carbocycles. The number of benzene rings is 2. The first-order valence-electron chi connectivity index (χ1n) is 9.88. The Hall–Kier alpha value is -3.68. The highest BCUT2D eigenvalue weighted by Gasteiger charge is 2.19. The van der Waals surface area contributed by atoms with E-state index in [2.05, 4.69) is 0 Å². The molecule has 0 aliphatic heterocycles. The van der Waals surface area contributed by atoms with Crippen molar-refractivity contribution in [2.45, 2.75) is 26.7 Å². The number of phenolic OH excluding ortho intramolecular Hbond substituents is 2. The van der Waals surface area contributed by atoms with Gasteiger partial charge in [0.05, 0.1) is 13.7 Å². The van der Waals surface area contributed by atoms with Gasteiger partial charge in [0.1, 0.15) is 28.2 Å². The average Bonchev–Trinajstić information content (AvgIpc) is 2.73. The summed E-state index contributed by atoms with van der Waals surface area (Å²) in [4.78, 5) is 24.2. The zero-order valence-electron chi connectivity index (χ0n) is 17.6. The molecule has 3 aromatic rings. The molecule has 8 heteroatoms. The van der Waals surface area contributed by atoms with Gasteiger partial charge in [0.25, 0.3) is 0 Å². The average molecular weight is 428 g/mol. The van der Waals surface area contributed by atoms with Crippen LogP contribution in [0.5, 0.6) is 23.0 Å². The number of rotatable bonds is 8. The number of esters is 1. The lowest BCUT2D eigenvalue weighted by Gasteiger charge is -2.14. The van der Waals surface area contributed by atoms with E-state index in [1.807, 2.05) is 6.92 Å². The fraction of sp³-hybridized carbons (Fsp3) is 0.304. The van der Waals surface area contributed by atoms with Crippen LogP contribution in [0.4, 0.5) is 0 Å². The van der Waals surface area contributed by atoms with E-state index in [0.29, 0.717) is 23.3 Å². The molecule has 0 unspecified atom stereocenters. The number of phenols is 2. The summed E-state index contributed by atoms with van der Waals surface area (Å²) in [6.07, 6.45) is 1.28. The quantitative estimate of drug-likeness (QED) is 0.521. The van der Waals surface area contributed by atoms with E-state index >= 15 is 0 Å². The van der Waals surface area contributed by atoms with Gasteiger partial charge in [-0.05, 0) is 25.5 Å². The van der Waals surface area contributed by atoms with Crippen molar-refractivity contribution in [3.8, 4) is 34.3 Å². The van der Waals surface area contributed by atoms with E-state index in [1.54, 1.807) is 19.1 Å². The van der Waals surface area contributed by atoms with Gasteiger partial charge in [-0.1, -0.05) is 13.3 Å². The van der Waals surface area contributed by atoms with Crippen LogP contribution in [0.1, 0.15) is 25.8 Å². The molecule has 1 heterocycles. The maximum absolute atomic E-state index is 12.7. The van der Waals surface area contributed by atoms with Crippen LogP contribution in [-0.4, -0.2) is 36.5 Å². The molecule has 0 saturated heterocycles. The second kappa shape index (κ2) is 9.42. The molecular formula is C23H24O8. The highest BCUT2D eigenvalue weighted by atomic mass is 16.6. The fourth-order valence-electron chi connectivity index (χ4n) is 3.32. The van der Waals surface area contributed by atoms with Gasteiger partial charge in [-0.2, -0.15) is 0 Å². The van der Waals surface area contributed by atoms with Crippen LogP contribution >= 0.6 is 0 Å². The molecule has 164 valence electrons. The van der Waals surface area contributed by atoms with E-state index < -0.39 is 11.4 Å². The van der Waals surface area contributed by atoms with E-state index in [1.165, 1.54) is 25.3 Å². The topological polar surface area (TPSA) is 115 Å². The third-order valence-corrected chi connectivity index (χ3v) is 4.68. The second-order valence-corrected chi connectivity index (χ2v) is 6.78. The van der Waals surface area contributed by atoms with Gasteiger partial charge in [0.2, 0.25) is 0 Å². The monoisotopic (exact) mass is 428 g/mol. The third kappa shape index (κ3) is 4.58. The number of methoxy groups -OCH3 is 1. The summed E-state index contributed by atoms with van der Waals surface area (Å²) < 4.78 is 21.3. The molecule has 0 bridgehead atoms. The highest BCUT2D eigenvalue weighted by molar-refractivity contribution is 5.86. The van der Waals surface area contributed by atoms with Crippen molar-refractivity contribution in [3.05, 3.63) is 46.1 Å². The number of ether oxygens (including phenoxy) is 3. The number of fused-ring (bicyclic) bond motifs is 1. The Kier molecular flexibility index (Phi) is 6.69. The van der Waals surface area contributed by atoms with Gasteiger partial charge in [-0.15, -0.1) is 0 Å². The first-order chi connectivity index (χ1) is 14.9. The van der Waals surface area contributed by atoms with Crippen molar-refractivity contribution in [2.75, 3.05) is 20.3 Å². The van der Waals surface area contributed by atoms with Crippen molar-refractivity contribution in [1.29, 1.82) is 0 Å². The summed E-state index contributed by atoms with van der Waals surface area (Å²) in [7, 11) is 1.46. The minimum Gasteiger partial charge on any atom is -0.507 e. The Bertz CT molecular complexity index is 1160. The summed E-state index contributed by atoms with van der Waals surface area (Å²) in [6, 6.07) is 7.21. The van der Waals surface area contributed by atoms with Crippen molar-refractivity contribution >= 4 is 16.9 Å². The Morgan fingerprint density at radius 1 is 1.13 bits per heavy atom. The lowest BCUT2D eigenvalue weighted by molar-refractivity contribution is -0.145. The molecule has 0 amide bonds. The number of carbonyl (C=O) groups is 1. The molecule has 0 fully saturated rings. The van der Waals surface area contributed by atoms with Crippen molar-refractivity contribution in [3.63, 3.8) is 0 Å². The molecule has 0 atom stereocenters. The van der Waals surface area contributed by atoms with Crippen molar-refractivity contribution < 1.29 is 33.6 Å². The summed E-state index contributed by atoms with van der Waals surface area (Å²) in [6.45, 7) is 3.51. The summed E-state index contributed by atoms with van der Waals surface area (Å²) in [5.74, 6) is -0.217. The lowest BCUT2D eigenvalue weighted by atomic mass is 9.98. The first-order valence-corrected chi connectivity index (χ1v) is 9.88. The Balaban J connectivity index is 2.10.